The molecule has 7 aromatic carbocycles. The molecule has 7 rings (SSSR count). The van der Waals surface area contributed by atoms with Crippen LogP contribution in [0.5, 0.6) is 0 Å². The Kier molecular flexibility index (Phi) is 9.46. The molecule has 0 spiro atoms. The van der Waals surface area contributed by atoms with Gasteiger partial charge in [0.25, 0.3) is 0 Å². The second-order valence-corrected chi connectivity index (χ2v) is 13.4. The Labute approximate surface area is 303 Å². The Morgan fingerprint density at radius 1 is 0.235 bits per heavy atom. The summed E-state index contributed by atoms with van der Waals surface area (Å²) in [6.07, 6.45) is 0. The minimum atomic E-state index is 1.11. The van der Waals surface area contributed by atoms with Crippen molar-refractivity contribution in [1.29, 1.82) is 0 Å². The molecule has 0 unspecified atom stereocenters. The molecule has 0 aromatic heterocycles. The zero-order valence-corrected chi connectivity index (χ0v) is 30.4. The molecule has 0 saturated carbocycles. The van der Waals surface area contributed by atoms with Crippen LogP contribution in [0.1, 0.15) is 33.4 Å². The quantitative estimate of drug-likeness (QED) is 0.152. The van der Waals surface area contributed by atoms with Gasteiger partial charge in [0.15, 0.2) is 0 Å². The number of rotatable bonds is 9. The summed E-state index contributed by atoms with van der Waals surface area (Å²) in [5, 5.41) is 0. The van der Waals surface area contributed by atoms with Crippen LogP contribution < -0.4 is 14.7 Å². The van der Waals surface area contributed by atoms with Crippen molar-refractivity contribution in [3.8, 4) is 0 Å². The van der Waals surface area contributed by atoms with Crippen LogP contribution in [0.15, 0.2) is 164 Å². The highest BCUT2D eigenvalue weighted by molar-refractivity contribution is 5.97. The van der Waals surface area contributed by atoms with E-state index < -0.39 is 0 Å². The number of hydrogen-bond donors (Lipinski definition) is 0. The molecular formula is C48H45N3. The van der Waals surface area contributed by atoms with Gasteiger partial charge in [0.1, 0.15) is 0 Å². The van der Waals surface area contributed by atoms with Crippen LogP contribution in [0.2, 0.25) is 0 Å². The third-order valence-corrected chi connectivity index (χ3v) is 9.72. The van der Waals surface area contributed by atoms with Crippen LogP contribution in [0.4, 0.5) is 51.2 Å². The minimum absolute atomic E-state index is 1.11. The number of nitrogens with zero attached hydrogens (tertiary/aromatic N) is 3. The first-order valence-electron chi connectivity index (χ1n) is 17.7. The van der Waals surface area contributed by atoms with E-state index in [4.69, 9.17) is 0 Å². The summed E-state index contributed by atoms with van der Waals surface area (Å²) >= 11 is 0. The lowest BCUT2D eigenvalue weighted by Gasteiger charge is -2.38. The maximum Gasteiger partial charge on any atom is 0.0562 e. The predicted molar refractivity (Wildman–Crippen MR) is 219 cm³/mol. The van der Waals surface area contributed by atoms with E-state index in [2.05, 4.69) is 220 Å². The number of anilines is 9. The molecule has 0 radical (unpaired) electrons. The first-order valence-corrected chi connectivity index (χ1v) is 17.7. The van der Waals surface area contributed by atoms with Gasteiger partial charge in [0, 0.05) is 34.1 Å². The van der Waals surface area contributed by atoms with E-state index in [1.807, 2.05) is 0 Å². The van der Waals surface area contributed by atoms with Crippen LogP contribution >= 0.6 is 0 Å². The molecular weight excluding hydrogens is 619 g/mol. The average Bonchev–Trinajstić information content (AvgIpc) is 3.16. The van der Waals surface area contributed by atoms with E-state index in [-0.39, 0.29) is 0 Å². The first kappa shape index (κ1) is 33.4. The van der Waals surface area contributed by atoms with E-state index in [1.165, 1.54) is 33.4 Å². The van der Waals surface area contributed by atoms with E-state index in [0.717, 1.165) is 51.2 Å². The number of benzene rings is 7. The van der Waals surface area contributed by atoms with E-state index >= 15 is 0 Å². The molecule has 3 nitrogen and oxygen atoms in total. The molecule has 0 amide bonds. The second-order valence-electron chi connectivity index (χ2n) is 13.4. The summed E-state index contributed by atoms with van der Waals surface area (Å²) in [4.78, 5) is 7.31. The molecule has 0 N–H and O–H groups in total. The molecule has 0 aliphatic carbocycles. The molecule has 7 aromatic rings. The Bertz CT molecular complexity index is 1940. The summed E-state index contributed by atoms with van der Waals surface area (Å²) in [6.45, 7) is 13.3. The van der Waals surface area contributed by atoms with Crippen molar-refractivity contribution >= 4 is 51.2 Å². The number of hydrogen-bond acceptors (Lipinski definition) is 3. The molecule has 0 aliphatic rings. The zero-order chi connectivity index (χ0) is 35.5. The second kappa shape index (κ2) is 14.4. The maximum atomic E-state index is 2.44. The van der Waals surface area contributed by atoms with Gasteiger partial charge < -0.3 is 14.7 Å². The minimum Gasteiger partial charge on any atom is -0.310 e. The highest BCUT2D eigenvalue weighted by Crippen LogP contribution is 2.53. The molecule has 0 atom stereocenters. The monoisotopic (exact) mass is 663 g/mol. The first-order chi connectivity index (χ1) is 24.8. The van der Waals surface area contributed by atoms with Gasteiger partial charge in [0.2, 0.25) is 0 Å². The highest BCUT2D eigenvalue weighted by Gasteiger charge is 2.30. The van der Waals surface area contributed by atoms with E-state index in [0.29, 0.717) is 0 Å². The molecule has 0 saturated heterocycles. The van der Waals surface area contributed by atoms with Gasteiger partial charge in [-0.25, -0.2) is 0 Å². The van der Waals surface area contributed by atoms with Gasteiger partial charge >= 0.3 is 0 Å². The van der Waals surface area contributed by atoms with Gasteiger partial charge in [-0.1, -0.05) is 108 Å². The van der Waals surface area contributed by atoms with Crippen LogP contribution in [0.25, 0.3) is 0 Å². The topological polar surface area (TPSA) is 9.72 Å². The van der Waals surface area contributed by atoms with Crippen molar-refractivity contribution in [2.45, 2.75) is 41.5 Å². The Morgan fingerprint density at radius 2 is 0.431 bits per heavy atom. The third-order valence-electron chi connectivity index (χ3n) is 9.72. The summed E-state index contributed by atoms with van der Waals surface area (Å²) in [7, 11) is 0. The van der Waals surface area contributed by atoms with Crippen molar-refractivity contribution in [3.05, 3.63) is 197 Å². The van der Waals surface area contributed by atoms with Gasteiger partial charge in [-0.2, -0.15) is 0 Å². The average molecular weight is 664 g/mol. The maximum absolute atomic E-state index is 2.44. The summed E-state index contributed by atoms with van der Waals surface area (Å²) in [5.41, 5.74) is 17.4. The molecule has 3 heteroatoms. The molecule has 0 heterocycles. The molecule has 0 aliphatic heterocycles. The standard InChI is InChI=1S/C48H45N3/c1-34-22-28-43(29-23-34)49(40-16-10-7-11-17-40)46-37(4)47(50(41-18-12-8-13-19-41)44-30-24-35(2)25-31-44)39(6)48(38(46)5)51(42-20-14-9-15-21-42)45-32-26-36(3)27-33-45/h7-33H,1-6H3. The van der Waals surface area contributed by atoms with Crippen molar-refractivity contribution in [1.82, 2.24) is 0 Å². The largest absolute Gasteiger partial charge is 0.310 e. The smallest absolute Gasteiger partial charge is 0.0562 e. The van der Waals surface area contributed by atoms with E-state index in [9.17, 15) is 0 Å². The number of para-hydroxylation sites is 3. The van der Waals surface area contributed by atoms with Gasteiger partial charge in [-0.3, -0.25) is 0 Å². The van der Waals surface area contributed by atoms with Crippen LogP contribution in [0, 0.1) is 41.5 Å². The van der Waals surface area contributed by atoms with Crippen LogP contribution in [-0.2, 0) is 0 Å². The summed E-state index contributed by atoms with van der Waals surface area (Å²) in [6, 6.07) is 59.0. The fourth-order valence-corrected chi connectivity index (χ4v) is 7.22. The van der Waals surface area contributed by atoms with Crippen molar-refractivity contribution in [2.24, 2.45) is 0 Å². The fourth-order valence-electron chi connectivity index (χ4n) is 7.22. The van der Waals surface area contributed by atoms with Gasteiger partial charge in [0.05, 0.1) is 17.1 Å². The SMILES string of the molecule is Cc1ccc(N(c2ccccc2)c2c(C)c(N(c3ccccc3)c3ccc(C)cc3)c(C)c(N(c3ccccc3)c3ccc(C)cc3)c2C)cc1. The predicted octanol–water partition coefficient (Wildman–Crippen LogP) is 13.9. The third kappa shape index (κ3) is 6.63. The Morgan fingerprint density at radius 3 is 0.647 bits per heavy atom. The summed E-state index contributed by atoms with van der Waals surface area (Å²) in [5.74, 6) is 0. The molecule has 0 bridgehead atoms. The Balaban J connectivity index is 1.64. The van der Waals surface area contributed by atoms with Gasteiger partial charge in [-0.15, -0.1) is 0 Å². The molecule has 252 valence electrons. The van der Waals surface area contributed by atoms with Crippen molar-refractivity contribution in [2.75, 3.05) is 14.7 Å². The van der Waals surface area contributed by atoms with Crippen molar-refractivity contribution < 1.29 is 0 Å². The van der Waals surface area contributed by atoms with Crippen LogP contribution in [0.3, 0.4) is 0 Å². The zero-order valence-electron chi connectivity index (χ0n) is 30.4. The normalized spacial score (nSPS) is 10.9. The summed E-state index contributed by atoms with van der Waals surface area (Å²) < 4.78 is 0. The van der Waals surface area contributed by atoms with E-state index in [1.54, 1.807) is 0 Å². The van der Waals surface area contributed by atoms with Crippen LogP contribution in [-0.4, -0.2) is 0 Å². The highest BCUT2D eigenvalue weighted by atomic mass is 15.2. The van der Waals surface area contributed by atoms with Crippen molar-refractivity contribution in [3.63, 3.8) is 0 Å². The number of aryl methyl sites for hydroxylation is 3. The molecule has 0 fully saturated rings. The molecule has 51 heavy (non-hydrogen) atoms. The lowest BCUT2D eigenvalue weighted by molar-refractivity contribution is 1.13. The van der Waals surface area contributed by atoms with Gasteiger partial charge in [-0.05, 0) is 131 Å². The Hall–Kier alpha value is -6.06. The fraction of sp³-hybridized carbons (Fsp3) is 0.125. The lowest BCUT2D eigenvalue weighted by atomic mass is 9.93. The lowest BCUT2D eigenvalue weighted by Crippen LogP contribution is -2.22.